The highest BCUT2D eigenvalue weighted by molar-refractivity contribution is 5.59. The van der Waals surface area contributed by atoms with Gasteiger partial charge in [-0.1, -0.05) is 32.1 Å². The molecule has 0 saturated heterocycles. The zero-order valence-corrected chi connectivity index (χ0v) is 20.5. The molecule has 0 atom stereocenters. The normalized spacial score (nSPS) is 12.6. The summed E-state index contributed by atoms with van der Waals surface area (Å²) >= 11 is 0. The lowest BCUT2D eigenvalue weighted by Gasteiger charge is -2.26. The Hall–Kier alpha value is -3.15. The molecule has 178 valence electrons. The summed E-state index contributed by atoms with van der Waals surface area (Å²) in [5.41, 5.74) is 5.26. The second-order valence-electron chi connectivity index (χ2n) is 8.35. The number of amides is 1. The van der Waals surface area contributed by atoms with E-state index < -0.39 is 0 Å². The first kappa shape index (κ1) is 26.1. The summed E-state index contributed by atoms with van der Waals surface area (Å²) in [6, 6.07) is 8.58. The van der Waals surface area contributed by atoms with Crippen LogP contribution in [0.15, 0.2) is 65.9 Å². The summed E-state index contributed by atoms with van der Waals surface area (Å²) in [6.07, 6.45) is 10.0. The largest absolute Gasteiger partial charge is 0.370 e. The van der Waals surface area contributed by atoms with Gasteiger partial charge in [0, 0.05) is 43.1 Å². The monoisotopic (exact) mass is 452 g/mol. The van der Waals surface area contributed by atoms with E-state index in [0.29, 0.717) is 12.5 Å². The molecule has 0 saturated carbocycles. The van der Waals surface area contributed by atoms with Crippen molar-refractivity contribution in [3.8, 4) is 11.3 Å². The van der Waals surface area contributed by atoms with Gasteiger partial charge in [-0.15, -0.1) is 0 Å². The topological polar surface area (TPSA) is 50.2 Å². The second kappa shape index (κ2) is 13.4. The van der Waals surface area contributed by atoms with Crippen molar-refractivity contribution in [2.45, 2.75) is 53.5 Å². The number of halogens is 1. The van der Waals surface area contributed by atoms with Crippen LogP contribution < -0.4 is 5.32 Å². The van der Waals surface area contributed by atoms with E-state index in [1.54, 1.807) is 12.1 Å². The molecule has 0 aliphatic heterocycles. The quantitative estimate of drug-likeness (QED) is 0.242. The lowest BCUT2D eigenvalue weighted by molar-refractivity contribution is -0.109. The van der Waals surface area contributed by atoms with Gasteiger partial charge < -0.3 is 10.2 Å². The molecule has 5 nitrogen and oxygen atoms in total. The maximum atomic E-state index is 13.3. The lowest BCUT2D eigenvalue weighted by Crippen LogP contribution is -2.32. The minimum absolute atomic E-state index is 0.245. The molecule has 1 heterocycles. The minimum atomic E-state index is -0.245. The van der Waals surface area contributed by atoms with Gasteiger partial charge in [-0.3, -0.25) is 9.48 Å². The summed E-state index contributed by atoms with van der Waals surface area (Å²) in [6.45, 7) is 13.4. The highest BCUT2D eigenvalue weighted by Gasteiger charge is 2.14. The van der Waals surface area contributed by atoms with Gasteiger partial charge in [0.2, 0.25) is 6.41 Å². The van der Waals surface area contributed by atoms with Crippen LogP contribution in [0.5, 0.6) is 0 Å². The molecule has 2 rings (SSSR count). The van der Waals surface area contributed by atoms with Gasteiger partial charge >= 0.3 is 0 Å². The van der Waals surface area contributed by atoms with Crippen molar-refractivity contribution in [3.05, 3.63) is 77.4 Å². The Morgan fingerprint density at radius 1 is 1.21 bits per heavy atom. The minimum Gasteiger partial charge on any atom is -0.370 e. The molecule has 0 unspecified atom stereocenters. The van der Waals surface area contributed by atoms with E-state index in [0.717, 1.165) is 49.4 Å². The van der Waals surface area contributed by atoms with Crippen molar-refractivity contribution < 1.29 is 9.18 Å². The zero-order chi connectivity index (χ0) is 24.2. The number of nitrogens with zero attached hydrogens (tertiary/aromatic N) is 3. The SMILES string of the molecule is CC=C(/C=C(C)\C=C/C)N(CCCn1nc(-c2ccc(F)cc2)cc1C(C)C)CCNC=O. The molecule has 1 amide bonds. The van der Waals surface area contributed by atoms with Crippen LogP contribution in [0.1, 0.15) is 52.7 Å². The van der Waals surface area contributed by atoms with E-state index >= 15 is 0 Å². The first-order chi connectivity index (χ1) is 15.9. The fraction of sp³-hybridized carbons (Fsp3) is 0.407. The third-order valence-electron chi connectivity index (χ3n) is 5.42. The van der Waals surface area contributed by atoms with Crippen molar-refractivity contribution in [2.24, 2.45) is 0 Å². The molecule has 0 aliphatic carbocycles. The summed E-state index contributed by atoms with van der Waals surface area (Å²) in [5.74, 6) is 0.0852. The van der Waals surface area contributed by atoms with E-state index in [-0.39, 0.29) is 5.82 Å². The summed E-state index contributed by atoms with van der Waals surface area (Å²) in [5, 5.41) is 7.59. The predicted molar refractivity (Wildman–Crippen MR) is 134 cm³/mol. The van der Waals surface area contributed by atoms with Crippen LogP contribution in [-0.4, -0.2) is 40.7 Å². The van der Waals surface area contributed by atoms with Crippen molar-refractivity contribution in [1.29, 1.82) is 0 Å². The fourth-order valence-electron chi connectivity index (χ4n) is 3.78. The molecule has 0 spiro atoms. The van der Waals surface area contributed by atoms with Gasteiger partial charge in [0.15, 0.2) is 0 Å². The number of rotatable bonds is 13. The van der Waals surface area contributed by atoms with E-state index in [4.69, 9.17) is 5.10 Å². The van der Waals surface area contributed by atoms with Crippen LogP contribution in [-0.2, 0) is 11.3 Å². The van der Waals surface area contributed by atoms with Gasteiger partial charge in [-0.05, 0) is 75.1 Å². The van der Waals surface area contributed by atoms with Gasteiger partial charge in [0.25, 0.3) is 0 Å². The van der Waals surface area contributed by atoms with Crippen LogP contribution in [0.2, 0.25) is 0 Å². The maximum Gasteiger partial charge on any atom is 0.207 e. The van der Waals surface area contributed by atoms with Crippen molar-refractivity contribution in [1.82, 2.24) is 20.0 Å². The van der Waals surface area contributed by atoms with Gasteiger partial charge in [0.1, 0.15) is 5.82 Å². The second-order valence-corrected chi connectivity index (χ2v) is 8.35. The van der Waals surface area contributed by atoms with Crippen LogP contribution in [0.25, 0.3) is 11.3 Å². The third-order valence-corrected chi connectivity index (χ3v) is 5.42. The number of benzene rings is 1. The molecule has 6 heteroatoms. The van der Waals surface area contributed by atoms with Gasteiger partial charge in [-0.2, -0.15) is 5.10 Å². The zero-order valence-electron chi connectivity index (χ0n) is 20.5. The highest BCUT2D eigenvalue weighted by Crippen LogP contribution is 2.24. The average molecular weight is 453 g/mol. The van der Waals surface area contributed by atoms with E-state index in [1.165, 1.54) is 23.4 Å². The highest BCUT2D eigenvalue weighted by atomic mass is 19.1. The lowest BCUT2D eigenvalue weighted by atomic mass is 10.1. The molecule has 0 aliphatic rings. The van der Waals surface area contributed by atoms with Gasteiger partial charge in [0.05, 0.1) is 5.69 Å². The predicted octanol–water partition coefficient (Wildman–Crippen LogP) is 5.68. The first-order valence-electron chi connectivity index (χ1n) is 11.6. The number of carbonyl (C=O) groups excluding carboxylic acids is 1. The van der Waals surface area contributed by atoms with Crippen molar-refractivity contribution >= 4 is 6.41 Å². The first-order valence-corrected chi connectivity index (χ1v) is 11.6. The van der Waals surface area contributed by atoms with Crippen LogP contribution in [0.3, 0.4) is 0 Å². The number of nitrogens with one attached hydrogen (secondary N) is 1. The van der Waals surface area contributed by atoms with Gasteiger partial charge in [-0.25, -0.2) is 4.39 Å². The Kier molecular flexibility index (Phi) is 10.6. The third kappa shape index (κ3) is 8.04. The molecule has 1 aromatic carbocycles. The van der Waals surface area contributed by atoms with Crippen LogP contribution >= 0.6 is 0 Å². The Morgan fingerprint density at radius 2 is 1.94 bits per heavy atom. The Bertz CT molecular complexity index is 971. The fourth-order valence-corrected chi connectivity index (χ4v) is 3.78. The number of aryl methyl sites for hydroxylation is 1. The van der Waals surface area contributed by atoms with Crippen molar-refractivity contribution in [3.63, 3.8) is 0 Å². The molecule has 1 aromatic heterocycles. The molecule has 0 bridgehead atoms. The molecule has 1 N–H and O–H groups in total. The summed E-state index contributed by atoms with van der Waals surface area (Å²) in [4.78, 5) is 13.0. The molecule has 0 radical (unpaired) electrons. The molecular weight excluding hydrogens is 415 g/mol. The van der Waals surface area contributed by atoms with E-state index in [1.807, 2.05) is 19.9 Å². The van der Waals surface area contributed by atoms with E-state index in [2.05, 4.69) is 60.0 Å². The Balaban J connectivity index is 2.16. The number of carbonyl (C=O) groups is 1. The molecule has 2 aromatic rings. The van der Waals surface area contributed by atoms with Crippen LogP contribution in [0, 0.1) is 5.82 Å². The standard InChI is InChI=1S/C27H37FN4O/c1-6-9-22(5)18-25(7-2)31(17-14-29-20-33)15-8-16-32-27(21(3)4)19-26(30-32)23-10-12-24(28)13-11-23/h6-7,9-13,18-21H,8,14-17H2,1-5H3,(H,29,33)/b9-6-,22-18-,25-7?. The number of hydrogen-bond acceptors (Lipinski definition) is 3. The molecule has 33 heavy (non-hydrogen) atoms. The summed E-state index contributed by atoms with van der Waals surface area (Å²) < 4.78 is 15.4. The molecule has 0 fully saturated rings. The van der Waals surface area contributed by atoms with Crippen molar-refractivity contribution in [2.75, 3.05) is 19.6 Å². The molecular formula is C27H37FN4O. The smallest absolute Gasteiger partial charge is 0.207 e. The summed E-state index contributed by atoms with van der Waals surface area (Å²) in [7, 11) is 0. The number of hydrogen-bond donors (Lipinski definition) is 1. The average Bonchev–Trinajstić information content (AvgIpc) is 3.22. The van der Waals surface area contributed by atoms with Crippen LogP contribution in [0.4, 0.5) is 4.39 Å². The Morgan fingerprint density at radius 3 is 2.55 bits per heavy atom. The van der Waals surface area contributed by atoms with E-state index in [9.17, 15) is 9.18 Å². The number of aromatic nitrogens is 2. The Labute approximate surface area is 197 Å². The maximum absolute atomic E-state index is 13.3. The number of allylic oxidation sites excluding steroid dienone is 5.